The number of aromatic nitrogens is 2. The quantitative estimate of drug-likeness (QED) is 0.850. The number of benzene rings is 1. The highest BCUT2D eigenvalue weighted by molar-refractivity contribution is 5.93. The Hall–Kier alpha value is -2.37. The lowest BCUT2D eigenvalue weighted by Gasteiger charge is -2.10. The minimum Gasteiger partial charge on any atom is -0.477 e. The maximum Gasteiger partial charge on any atom is 0.341 e. The number of carboxylic acid groups (broad SMARTS) is 1. The highest BCUT2D eigenvalue weighted by Crippen LogP contribution is 2.31. The predicted octanol–water partition coefficient (Wildman–Crippen LogP) is 1.89. The first kappa shape index (κ1) is 10.8. The normalized spacial score (nSPS) is 17.3. The standard InChI is InChI=1S/C12H10FN3O2/c13-8-3-1-2-7(4-8)10-6-16-11(15-10)9(5-14-16)12(17)18/h1-5,10,15H,6H2,(H,17,18)/t10-/m0/s1. The molecular formula is C12H10FN3O2. The number of aromatic carboxylic acids is 1. The molecule has 1 aromatic heterocycles. The molecule has 18 heavy (non-hydrogen) atoms. The zero-order valence-corrected chi connectivity index (χ0v) is 9.30. The van der Waals surface area contributed by atoms with Crippen molar-refractivity contribution in [3.63, 3.8) is 0 Å². The zero-order valence-electron chi connectivity index (χ0n) is 9.30. The molecule has 0 fully saturated rings. The summed E-state index contributed by atoms with van der Waals surface area (Å²) in [6.07, 6.45) is 1.31. The molecule has 2 aromatic rings. The molecule has 0 unspecified atom stereocenters. The van der Waals surface area contributed by atoms with Crippen molar-refractivity contribution in [2.24, 2.45) is 0 Å². The largest absolute Gasteiger partial charge is 0.477 e. The summed E-state index contributed by atoms with van der Waals surface area (Å²) < 4.78 is 14.7. The van der Waals surface area contributed by atoms with Gasteiger partial charge in [0.05, 0.1) is 18.8 Å². The van der Waals surface area contributed by atoms with Crippen molar-refractivity contribution in [3.8, 4) is 0 Å². The third kappa shape index (κ3) is 1.62. The third-order valence-electron chi connectivity index (χ3n) is 2.99. The highest BCUT2D eigenvalue weighted by Gasteiger charge is 2.27. The summed E-state index contributed by atoms with van der Waals surface area (Å²) in [5, 5.41) is 16.0. The molecule has 0 aliphatic carbocycles. The van der Waals surface area contributed by atoms with Crippen molar-refractivity contribution >= 4 is 11.8 Å². The smallest absolute Gasteiger partial charge is 0.341 e. The van der Waals surface area contributed by atoms with Gasteiger partial charge in [0.1, 0.15) is 17.2 Å². The summed E-state index contributed by atoms with van der Waals surface area (Å²) in [5.74, 6) is -0.863. The second-order valence-electron chi connectivity index (χ2n) is 4.15. The molecule has 0 spiro atoms. The molecule has 5 nitrogen and oxygen atoms in total. The first-order valence-electron chi connectivity index (χ1n) is 5.46. The number of nitrogens with one attached hydrogen (secondary N) is 1. The highest BCUT2D eigenvalue weighted by atomic mass is 19.1. The van der Waals surface area contributed by atoms with Gasteiger partial charge in [0.15, 0.2) is 0 Å². The van der Waals surface area contributed by atoms with E-state index in [4.69, 9.17) is 5.11 Å². The molecule has 2 heterocycles. The van der Waals surface area contributed by atoms with E-state index in [2.05, 4.69) is 10.4 Å². The van der Waals surface area contributed by atoms with Gasteiger partial charge in [-0.15, -0.1) is 0 Å². The molecule has 0 bridgehead atoms. The summed E-state index contributed by atoms with van der Waals surface area (Å²) >= 11 is 0. The number of rotatable bonds is 2. The number of nitrogens with zero attached hydrogens (tertiary/aromatic N) is 2. The lowest BCUT2D eigenvalue weighted by Crippen LogP contribution is -2.09. The number of carbonyl (C=O) groups is 1. The van der Waals surface area contributed by atoms with Crippen LogP contribution in [0.5, 0.6) is 0 Å². The Morgan fingerprint density at radius 1 is 1.56 bits per heavy atom. The van der Waals surface area contributed by atoms with Gasteiger partial charge >= 0.3 is 5.97 Å². The Morgan fingerprint density at radius 3 is 3.11 bits per heavy atom. The van der Waals surface area contributed by atoms with Crippen LogP contribution in [0.4, 0.5) is 10.2 Å². The molecule has 3 rings (SSSR count). The molecule has 2 N–H and O–H groups in total. The molecule has 1 aliphatic heterocycles. The predicted molar refractivity (Wildman–Crippen MR) is 62.0 cm³/mol. The van der Waals surface area contributed by atoms with Gasteiger partial charge in [0.2, 0.25) is 0 Å². The van der Waals surface area contributed by atoms with Crippen LogP contribution in [0.25, 0.3) is 0 Å². The van der Waals surface area contributed by atoms with Gasteiger partial charge in [0, 0.05) is 0 Å². The summed E-state index contributed by atoms with van der Waals surface area (Å²) in [5.41, 5.74) is 0.908. The van der Waals surface area contributed by atoms with E-state index < -0.39 is 5.97 Å². The zero-order chi connectivity index (χ0) is 12.7. The van der Waals surface area contributed by atoms with Crippen LogP contribution in [-0.2, 0) is 6.54 Å². The maximum atomic E-state index is 13.1. The van der Waals surface area contributed by atoms with Gasteiger partial charge in [-0.3, -0.25) is 0 Å². The minimum atomic E-state index is -1.02. The van der Waals surface area contributed by atoms with Gasteiger partial charge in [-0.1, -0.05) is 12.1 Å². The number of carboxylic acids is 1. The molecule has 6 heteroatoms. The lowest BCUT2D eigenvalue weighted by atomic mass is 10.1. The summed E-state index contributed by atoms with van der Waals surface area (Å²) in [4.78, 5) is 11.0. The molecule has 0 saturated carbocycles. The van der Waals surface area contributed by atoms with Crippen molar-refractivity contribution in [1.82, 2.24) is 9.78 Å². The molecule has 92 valence electrons. The fourth-order valence-electron chi connectivity index (χ4n) is 2.13. The van der Waals surface area contributed by atoms with Crippen LogP contribution in [0.15, 0.2) is 30.5 Å². The SMILES string of the molecule is O=C(O)c1cnn2c1N[C@H](c1cccc(F)c1)C2. The average molecular weight is 247 g/mol. The number of hydrogen-bond acceptors (Lipinski definition) is 3. The van der Waals surface area contributed by atoms with E-state index >= 15 is 0 Å². The van der Waals surface area contributed by atoms with Crippen molar-refractivity contribution in [1.29, 1.82) is 0 Å². The van der Waals surface area contributed by atoms with E-state index in [-0.39, 0.29) is 17.4 Å². The number of anilines is 1. The van der Waals surface area contributed by atoms with E-state index in [1.165, 1.54) is 18.3 Å². The van der Waals surface area contributed by atoms with Gasteiger partial charge in [-0.25, -0.2) is 13.9 Å². The molecule has 1 aliphatic rings. The van der Waals surface area contributed by atoms with Gasteiger partial charge < -0.3 is 10.4 Å². The van der Waals surface area contributed by atoms with E-state index in [0.29, 0.717) is 12.4 Å². The summed E-state index contributed by atoms with van der Waals surface area (Å²) in [6.45, 7) is 0.492. The number of halogens is 1. The van der Waals surface area contributed by atoms with E-state index in [1.54, 1.807) is 16.8 Å². The van der Waals surface area contributed by atoms with Crippen LogP contribution in [0, 0.1) is 5.82 Å². The van der Waals surface area contributed by atoms with Crippen LogP contribution in [0.2, 0.25) is 0 Å². The molecule has 0 radical (unpaired) electrons. The fraction of sp³-hybridized carbons (Fsp3) is 0.167. The number of hydrogen-bond donors (Lipinski definition) is 2. The molecule has 0 saturated heterocycles. The second-order valence-corrected chi connectivity index (χ2v) is 4.15. The van der Waals surface area contributed by atoms with Crippen LogP contribution < -0.4 is 5.32 Å². The first-order chi connectivity index (χ1) is 8.65. The molecule has 1 atom stereocenters. The Balaban J connectivity index is 1.91. The van der Waals surface area contributed by atoms with Gasteiger partial charge in [-0.05, 0) is 17.7 Å². The van der Waals surface area contributed by atoms with Gasteiger partial charge in [-0.2, -0.15) is 5.10 Å². The first-order valence-corrected chi connectivity index (χ1v) is 5.46. The van der Waals surface area contributed by atoms with Crippen molar-refractivity contribution in [3.05, 3.63) is 47.4 Å². The van der Waals surface area contributed by atoms with Crippen LogP contribution >= 0.6 is 0 Å². The van der Waals surface area contributed by atoms with Crippen LogP contribution in [0.1, 0.15) is 22.0 Å². The monoisotopic (exact) mass is 247 g/mol. The van der Waals surface area contributed by atoms with E-state index in [9.17, 15) is 9.18 Å². The lowest BCUT2D eigenvalue weighted by molar-refractivity contribution is 0.0698. The third-order valence-corrected chi connectivity index (χ3v) is 2.99. The second kappa shape index (κ2) is 3.83. The van der Waals surface area contributed by atoms with Crippen molar-refractivity contribution in [2.75, 3.05) is 5.32 Å². The van der Waals surface area contributed by atoms with Crippen molar-refractivity contribution < 1.29 is 14.3 Å². The Morgan fingerprint density at radius 2 is 2.39 bits per heavy atom. The van der Waals surface area contributed by atoms with E-state index in [0.717, 1.165) is 5.56 Å². The Labute approximate surface area is 102 Å². The Bertz CT molecular complexity index is 624. The van der Waals surface area contributed by atoms with Gasteiger partial charge in [0.25, 0.3) is 0 Å². The summed E-state index contributed by atoms with van der Waals surface area (Å²) in [7, 11) is 0. The van der Waals surface area contributed by atoms with E-state index in [1.807, 2.05) is 0 Å². The topological polar surface area (TPSA) is 67.1 Å². The molecular weight excluding hydrogens is 237 g/mol. The maximum absolute atomic E-state index is 13.1. The molecule has 0 amide bonds. The Kier molecular flexibility index (Phi) is 2.29. The fourth-order valence-corrected chi connectivity index (χ4v) is 2.13. The minimum absolute atomic E-state index is 0.133. The molecule has 1 aromatic carbocycles. The summed E-state index contributed by atoms with van der Waals surface area (Å²) in [6, 6.07) is 6.09. The average Bonchev–Trinajstić information content (AvgIpc) is 2.87. The van der Waals surface area contributed by atoms with Crippen molar-refractivity contribution in [2.45, 2.75) is 12.6 Å². The number of fused-ring (bicyclic) bond motifs is 1. The van der Waals surface area contributed by atoms with Crippen LogP contribution in [0.3, 0.4) is 0 Å². The van der Waals surface area contributed by atoms with Crippen LogP contribution in [-0.4, -0.2) is 20.9 Å².